The summed E-state index contributed by atoms with van der Waals surface area (Å²) in [5.41, 5.74) is -0.764. The zero-order valence-corrected chi connectivity index (χ0v) is 18.8. The molecule has 1 rings (SSSR count). The Morgan fingerprint density at radius 2 is 1.74 bits per heavy atom. The molecule has 0 saturated heterocycles. The van der Waals surface area contributed by atoms with Gasteiger partial charge in [0.1, 0.15) is 24.4 Å². The van der Waals surface area contributed by atoms with Gasteiger partial charge in [-0.25, -0.2) is 9.59 Å². The van der Waals surface area contributed by atoms with Gasteiger partial charge in [0.25, 0.3) is 0 Å². The molecule has 1 N–H and O–H groups in total. The maximum absolute atomic E-state index is 12.2. The second kappa shape index (κ2) is 11.7. The van der Waals surface area contributed by atoms with Crippen LogP contribution in [0.4, 0.5) is 4.79 Å². The summed E-state index contributed by atoms with van der Waals surface area (Å²) in [6.45, 7) is 8.89. The van der Waals surface area contributed by atoms with Gasteiger partial charge in [0, 0.05) is 13.8 Å². The summed E-state index contributed by atoms with van der Waals surface area (Å²) in [4.78, 5) is 46.7. The molecule has 31 heavy (non-hydrogen) atoms. The van der Waals surface area contributed by atoms with Crippen LogP contribution in [0.3, 0.4) is 0 Å². The number of ether oxygens (including phenoxy) is 6. The number of alkyl carbamates (subject to hydrolysis) is 1. The monoisotopic (exact) mass is 445 g/mol. The highest BCUT2D eigenvalue weighted by Gasteiger charge is 2.35. The number of hydrogen-bond acceptors (Lipinski definition) is 10. The van der Waals surface area contributed by atoms with Crippen LogP contribution in [-0.2, 0) is 42.8 Å². The minimum atomic E-state index is -1.19. The van der Waals surface area contributed by atoms with Crippen LogP contribution >= 0.6 is 0 Å². The Hall–Kier alpha value is -2.66. The molecule has 0 bridgehead atoms. The summed E-state index contributed by atoms with van der Waals surface area (Å²) in [6.07, 6.45) is -1.29. The second-order valence-electron chi connectivity index (χ2n) is 7.79. The van der Waals surface area contributed by atoms with Crippen molar-refractivity contribution in [2.75, 3.05) is 13.7 Å². The van der Waals surface area contributed by atoms with Crippen LogP contribution in [0.15, 0.2) is 12.2 Å². The highest BCUT2D eigenvalue weighted by molar-refractivity contribution is 5.82. The van der Waals surface area contributed by atoms with E-state index in [1.54, 1.807) is 20.8 Å². The zero-order chi connectivity index (χ0) is 23.8. The van der Waals surface area contributed by atoms with E-state index in [-0.39, 0.29) is 6.61 Å². The van der Waals surface area contributed by atoms with E-state index in [0.29, 0.717) is 0 Å². The summed E-state index contributed by atoms with van der Waals surface area (Å²) in [7, 11) is 1.18. The summed E-state index contributed by atoms with van der Waals surface area (Å²) < 4.78 is 31.5. The van der Waals surface area contributed by atoms with Crippen molar-refractivity contribution in [1.29, 1.82) is 0 Å². The fourth-order valence-corrected chi connectivity index (χ4v) is 2.56. The van der Waals surface area contributed by atoms with Gasteiger partial charge in [0.15, 0.2) is 12.3 Å². The molecule has 176 valence electrons. The zero-order valence-electron chi connectivity index (χ0n) is 18.8. The van der Waals surface area contributed by atoms with Gasteiger partial charge in [-0.3, -0.25) is 9.59 Å². The van der Waals surface area contributed by atoms with E-state index in [4.69, 9.17) is 28.4 Å². The molecule has 0 aromatic carbocycles. The minimum absolute atomic E-state index is 0.178. The first-order chi connectivity index (χ1) is 14.3. The second-order valence-corrected chi connectivity index (χ2v) is 7.79. The molecule has 1 amide bonds. The van der Waals surface area contributed by atoms with Gasteiger partial charge in [-0.1, -0.05) is 0 Å². The molecule has 1 aliphatic rings. The predicted molar refractivity (Wildman–Crippen MR) is 106 cm³/mol. The molecule has 0 fully saturated rings. The third-order valence-electron chi connectivity index (χ3n) is 3.83. The van der Waals surface area contributed by atoms with Crippen molar-refractivity contribution < 1.29 is 47.6 Å². The third-order valence-corrected chi connectivity index (χ3v) is 3.83. The topological polar surface area (TPSA) is 136 Å². The van der Waals surface area contributed by atoms with Crippen molar-refractivity contribution in [3.8, 4) is 0 Å². The SMILES string of the molecule is COC(=O)[C@@H](NC(=O)OC(C)(C)C)[C@@H](C)OC1C=C[C@H](OC(C)=O)[C@@H](COC(C)=O)O1. The van der Waals surface area contributed by atoms with Crippen molar-refractivity contribution in [3.05, 3.63) is 12.2 Å². The third kappa shape index (κ3) is 9.79. The number of carbonyl (C=O) groups is 4. The van der Waals surface area contributed by atoms with Crippen LogP contribution < -0.4 is 5.32 Å². The molecule has 11 nitrogen and oxygen atoms in total. The Bertz CT molecular complexity index is 684. The number of esters is 3. The van der Waals surface area contributed by atoms with Gasteiger partial charge >= 0.3 is 24.0 Å². The van der Waals surface area contributed by atoms with Crippen LogP contribution in [0.1, 0.15) is 41.5 Å². The van der Waals surface area contributed by atoms with Crippen LogP contribution in [0, 0.1) is 0 Å². The summed E-state index contributed by atoms with van der Waals surface area (Å²) in [6, 6.07) is -1.19. The molecule has 1 aliphatic heterocycles. The maximum atomic E-state index is 12.2. The highest BCUT2D eigenvalue weighted by atomic mass is 16.7. The molecular formula is C20H31NO10. The van der Waals surface area contributed by atoms with E-state index < -0.39 is 60.2 Å². The molecule has 5 atom stereocenters. The normalized spacial score (nSPS) is 22.6. The molecule has 0 spiro atoms. The predicted octanol–water partition coefficient (Wildman–Crippen LogP) is 1.23. The van der Waals surface area contributed by atoms with Crippen LogP contribution in [0.5, 0.6) is 0 Å². The van der Waals surface area contributed by atoms with Gasteiger partial charge in [-0.05, 0) is 39.8 Å². The Kier molecular flexibility index (Phi) is 9.92. The summed E-state index contributed by atoms with van der Waals surface area (Å²) >= 11 is 0. The quantitative estimate of drug-likeness (QED) is 0.330. The van der Waals surface area contributed by atoms with E-state index >= 15 is 0 Å². The molecular weight excluding hydrogens is 414 g/mol. The number of carbonyl (C=O) groups excluding carboxylic acids is 4. The van der Waals surface area contributed by atoms with E-state index in [2.05, 4.69) is 5.32 Å². The molecule has 0 aliphatic carbocycles. The Labute approximate surface area is 181 Å². The van der Waals surface area contributed by atoms with E-state index in [1.165, 1.54) is 40.0 Å². The van der Waals surface area contributed by atoms with Gasteiger partial charge in [-0.15, -0.1) is 0 Å². The van der Waals surface area contributed by atoms with Crippen LogP contribution in [0.2, 0.25) is 0 Å². The molecule has 0 aromatic rings. The van der Waals surface area contributed by atoms with Gasteiger partial charge in [-0.2, -0.15) is 0 Å². The number of hydrogen-bond donors (Lipinski definition) is 1. The van der Waals surface area contributed by atoms with E-state index in [9.17, 15) is 19.2 Å². The lowest BCUT2D eigenvalue weighted by Crippen LogP contribution is -2.52. The van der Waals surface area contributed by atoms with Gasteiger partial charge < -0.3 is 33.7 Å². The number of rotatable bonds is 8. The smallest absolute Gasteiger partial charge is 0.408 e. The van der Waals surface area contributed by atoms with E-state index in [1.807, 2.05) is 0 Å². The standard InChI is InChI=1S/C20H31NO10/c1-11(17(18(24)26-7)21-19(25)31-20(4,5)6)28-16-9-8-14(29-13(3)23)15(30-16)10-27-12(2)22/h8-9,11,14-17H,10H2,1-7H3,(H,21,25)/t11-,14+,15-,16?,17+/m1/s1. The fourth-order valence-electron chi connectivity index (χ4n) is 2.56. The summed E-state index contributed by atoms with van der Waals surface area (Å²) in [5, 5.41) is 2.42. The first-order valence-electron chi connectivity index (χ1n) is 9.69. The summed E-state index contributed by atoms with van der Waals surface area (Å²) in [5.74, 6) is -1.81. The molecule has 0 radical (unpaired) electrons. The fraction of sp³-hybridized carbons (Fsp3) is 0.700. The number of nitrogens with one attached hydrogen (secondary N) is 1. The minimum Gasteiger partial charge on any atom is -0.467 e. The molecule has 0 saturated carbocycles. The molecule has 11 heteroatoms. The van der Waals surface area contributed by atoms with Crippen molar-refractivity contribution in [2.45, 2.75) is 77.8 Å². The molecule has 1 unspecified atom stereocenters. The molecule has 1 heterocycles. The first kappa shape index (κ1) is 26.4. The maximum Gasteiger partial charge on any atom is 0.408 e. The number of methoxy groups -OCH3 is 1. The van der Waals surface area contributed by atoms with Crippen LogP contribution in [0.25, 0.3) is 0 Å². The lowest BCUT2D eigenvalue weighted by Gasteiger charge is -2.33. The molecule has 0 aromatic heterocycles. The van der Waals surface area contributed by atoms with E-state index in [0.717, 1.165) is 0 Å². The Balaban J connectivity index is 2.87. The lowest BCUT2D eigenvalue weighted by molar-refractivity contribution is -0.211. The van der Waals surface area contributed by atoms with Gasteiger partial charge in [0.05, 0.1) is 13.2 Å². The highest BCUT2D eigenvalue weighted by Crippen LogP contribution is 2.20. The Morgan fingerprint density at radius 1 is 1.10 bits per heavy atom. The van der Waals surface area contributed by atoms with Gasteiger partial charge in [0.2, 0.25) is 0 Å². The van der Waals surface area contributed by atoms with Crippen molar-refractivity contribution in [2.24, 2.45) is 0 Å². The lowest BCUT2D eigenvalue weighted by atomic mass is 10.1. The largest absolute Gasteiger partial charge is 0.467 e. The van der Waals surface area contributed by atoms with Crippen molar-refractivity contribution in [1.82, 2.24) is 5.32 Å². The van der Waals surface area contributed by atoms with Crippen molar-refractivity contribution in [3.63, 3.8) is 0 Å². The average Bonchev–Trinajstić information content (AvgIpc) is 2.63. The Morgan fingerprint density at radius 3 is 2.26 bits per heavy atom. The van der Waals surface area contributed by atoms with Crippen LogP contribution in [-0.4, -0.2) is 74.0 Å². The average molecular weight is 445 g/mol. The number of amides is 1. The first-order valence-corrected chi connectivity index (χ1v) is 9.69. The van der Waals surface area contributed by atoms with Crippen molar-refractivity contribution >= 4 is 24.0 Å².